The molecule has 1 fully saturated rings. The molecule has 1 rings (SSSR count). The molecule has 0 spiro atoms. The van der Waals surface area contributed by atoms with Crippen LogP contribution in [0.5, 0.6) is 0 Å². The van der Waals surface area contributed by atoms with Gasteiger partial charge in [0.15, 0.2) is 6.29 Å². The minimum Gasteiger partial charge on any atom is -0.368 e. The van der Waals surface area contributed by atoms with E-state index in [4.69, 9.17) is 21.8 Å². The van der Waals surface area contributed by atoms with Crippen LogP contribution in [0, 0.1) is 5.92 Å². The second-order valence-electron chi connectivity index (χ2n) is 2.88. The average Bonchev–Trinajstić information content (AvgIpc) is 1.88. The van der Waals surface area contributed by atoms with Gasteiger partial charge in [-0.3, -0.25) is 0 Å². The monoisotopic (exact) mass is 164 g/mol. The first kappa shape index (κ1) is 8.31. The van der Waals surface area contributed by atoms with Crippen molar-refractivity contribution in [1.29, 1.82) is 0 Å². The second-order valence-corrected chi connectivity index (χ2v) is 3.44. The molecule has 2 atom stereocenters. The third-order valence-corrected chi connectivity index (χ3v) is 2.66. The van der Waals surface area contributed by atoms with Gasteiger partial charge in [0.25, 0.3) is 0 Å². The summed E-state index contributed by atoms with van der Waals surface area (Å²) in [5.41, 5.74) is 0. The molecule has 10 heavy (non-hydrogen) atoms. The fraction of sp³-hybridized carbons (Fsp3) is 1.00. The number of aliphatic hydroxyl groups is 2. The van der Waals surface area contributed by atoms with Crippen molar-refractivity contribution in [3.63, 3.8) is 0 Å². The zero-order chi connectivity index (χ0) is 7.56. The maximum absolute atomic E-state index is 8.82. The lowest BCUT2D eigenvalue weighted by Gasteiger charge is -2.27. The molecule has 3 heteroatoms. The van der Waals surface area contributed by atoms with E-state index in [0.29, 0.717) is 0 Å². The number of aliphatic hydroxyl groups excluding tert-OH is 1. The fourth-order valence-electron chi connectivity index (χ4n) is 1.45. The molecule has 0 aromatic heterocycles. The van der Waals surface area contributed by atoms with Crippen LogP contribution in [0.25, 0.3) is 0 Å². The van der Waals surface area contributed by atoms with Gasteiger partial charge in [0, 0.05) is 11.3 Å². The predicted molar refractivity (Wildman–Crippen MR) is 39.8 cm³/mol. The van der Waals surface area contributed by atoms with Crippen molar-refractivity contribution >= 4 is 11.6 Å². The van der Waals surface area contributed by atoms with Gasteiger partial charge in [0.05, 0.1) is 0 Å². The van der Waals surface area contributed by atoms with Crippen LogP contribution >= 0.6 is 11.6 Å². The van der Waals surface area contributed by atoms with Gasteiger partial charge in [-0.1, -0.05) is 12.8 Å². The van der Waals surface area contributed by atoms with Crippen LogP contribution in [-0.2, 0) is 0 Å². The van der Waals surface area contributed by atoms with Gasteiger partial charge < -0.3 is 10.2 Å². The Hall–Kier alpha value is 0.210. The standard InChI is InChI=1S/C7H13ClO2/c8-6-4-2-1-3-5(6)7(9)10/h5-7,9-10H,1-4H2. The largest absolute Gasteiger partial charge is 0.368 e. The van der Waals surface area contributed by atoms with E-state index in [-0.39, 0.29) is 11.3 Å². The molecule has 2 nitrogen and oxygen atoms in total. The Morgan fingerprint density at radius 3 is 2.20 bits per heavy atom. The topological polar surface area (TPSA) is 40.5 Å². The number of hydrogen-bond acceptors (Lipinski definition) is 2. The Labute approximate surface area is 65.8 Å². The van der Waals surface area contributed by atoms with Crippen LogP contribution in [0.1, 0.15) is 25.7 Å². The minimum atomic E-state index is -1.22. The molecule has 0 saturated heterocycles. The highest BCUT2D eigenvalue weighted by Crippen LogP contribution is 2.30. The zero-order valence-electron chi connectivity index (χ0n) is 5.83. The summed E-state index contributed by atoms with van der Waals surface area (Å²) in [6, 6.07) is 0. The Balaban J connectivity index is 2.40. The van der Waals surface area contributed by atoms with Crippen molar-refractivity contribution in [2.45, 2.75) is 37.4 Å². The van der Waals surface area contributed by atoms with Crippen molar-refractivity contribution in [3.8, 4) is 0 Å². The summed E-state index contributed by atoms with van der Waals surface area (Å²) >= 11 is 5.86. The van der Waals surface area contributed by atoms with E-state index in [0.717, 1.165) is 25.7 Å². The molecule has 60 valence electrons. The van der Waals surface area contributed by atoms with E-state index < -0.39 is 6.29 Å². The molecule has 2 N–H and O–H groups in total. The molecule has 0 amide bonds. The third kappa shape index (κ3) is 1.84. The summed E-state index contributed by atoms with van der Waals surface area (Å²) in [6.45, 7) is 0. The number of alkyl halides is 1. The van der Waals surface area contributed by atoms with Gasteiger partial charge in [-0.05, 0) is 12.8 Å². The van der Waals surface area contributed by atoms with Gasteiger partial charge in [-0.15, -0.1) is 11.6 Å². The Kier molecular flexibility index (Phi) is 2.96. The highest BCUT2D eigenvalue weighted by atomic mass is 35.5. The van der Waals surface area contributed by atoms with Crippen molar-refractivity contribution < 1.29 is 10.2 Å². The molecule has 0 aromatic carbocycles. The molecule has 1 aliphatic rings. The summed E-state index contributed by atoms with van der Waals surface area (Å²) in [6.07, 6.45) is 2.75. The van der Waals surface area contributed by atoms with Crippen LogP contribution in [0.3, 0.4) is 0 Å². The summed E-state index contributed by atoms with van der Waals surface area (Å²) in [4.78, 5) is 0. The molecule has 0 aromatic rings. The molecule has 1 aliphatic carbocycles. The van der Waals surface area contributed by atoms with Crippen LogP contribution in [0.2, 0.25) is 0 Å². The third-order valence-electron chi connectivity index (χ3n) is 2.11. The normalized spacial score (nSPS) is 34.8. The first-order valence-electron chi connectivity index (χ1n) is 3.72. The van der Waals surface area contributed by atoms with Crippen LogP contribution in [0.15, 0.2) is 0 Å². The van der Waals surface area contributed by atoms with Crippen LogP contribution in [0.4, 0.5) is 0 Å². The highest BCUT2D eigenvalue weighted by Gasteiger charge is 2.27. The number of rotatable bonds is 1. The summed E-state index contributed by atoms with van der Waals surface area (Å²) in [7, 11) is 0. The number of hydrogen-bond donors (Lipinski definition) is 2. The summed E-state index contributed by atoms with van der Waals surface area (Å²) in [5.74, 6) is -0.101. The second kappa shape index (κ2) is 3.56. The molecular formula is C7H13ClO2. The van der Waals surface area contributed by atoms with Crippen molar-refractivity contribution in [2.24, 2.45) is 5.92 Å². The van der Waals surface area contributed by atoms with E-state index in [9.17, 15) is 0 Å². The zero-order valence-corrected chi connectivity index (χ0v) is 6.59. The Bertz CT molecular complexity index is 106. The molecule has 0 aliphatic heterocycles. The lowest BCUT2D eigenvalue weighted by atomic mass is 9.88. The maximum Gasteiger partial charge on any atom is 0.155 e. The Morgan fingerprint density at radius 2 is 1.80 bits per heavy atom. The quantitative estimate of drug-likeness (QED) is 0.450. The number of halogens is 1. The van der Waals surface area contributed by atoms with Gasteiger partial charge in [-0.25, -0.2) is 0 Å². The van der Waals surface area contributed by atoms with E-state index in [1.165, 1.54) is 0 Å². The fourth-order valence-corrected chi connectivity index (χ4v) is 1.86. The lowest BCUT2D eigenvalue weighted by Crippen LogP contribution is -2.30. The predicted octanol–water partition coefficient (Wildman–Crippen LogP) is 1.09. The van der Waals surface area contributed by atoms with E-state index in [1.807, 2.05) is 0 Å². The van der Waals surface area contributed by atoms with Crippen molar-refractivity contribution in [2.75, 3.05) is 0 Å². The van der Waals surface area contributed by atoms with E-state index in [1.54, 1.807) is 0 Å². The van der Waals surface area contributed by atoms with Crippen molar-refractivity contribution in [3.05, 3.63) is 0 Å². The summed E-state index contributed by atoms with van der Waals surface area (Å²) in [5, 5.41) is 17.6. The first-order valence-corrected chi connectivity index (χ1v) is 4.15. The SMILES string of the molecule is OC(O)C1CCCCC1Cl. The van der Waals surface area contributed by atoms with Crippen LogP contribution in [-0.4, -0.2) is 21.9 Å². The molecule has 0 heterocycles. The first-order chi connectivity index (χ1) is 4.72. The van der Waals surface area contributed by atoms with Gasteiger partial charge >= 0.3 is 0 Å². The minimum absolute atomic E-state index is 0.0336. The molecular weight excluding hydrogens is 152 g/mol. The highest BCUT2D eigenvalue weighted by molar-refractivity contribution is 6.20. The molecule has 2 unspecified atom stereocenters. The average molecular weight is 165 g/mol. The maximum atomic E-state index is 8.82. The Morgan fingerprint density at radius 1 is 1.20 bits per heavy atom. The molecule has 0 radical (unpaired) electrons. The summed E-state index contributed by atoms with van der Waals surface area (Å²) < 4.78 is 0. The smallest absolute Gasteiger partial charge is 0.155 e. The lowest BCUT2D eigenvalue weighted by molar-refractivity contribution is -0.0911. The van der Waals surface area contributed by atoms with E-state index in [2.05, 4.69) is 0 Å². The van der Waals surface area contributed by atoms with E-state index >= 15 is 0 Å². The molecule has 1 saturated carbocycles. The van der Waals surface area contributed by atoms with Crippen LogP contribution < -0.4 is 0 Å². The van der Waals surface area contributed by atoms with Gasteiger partial charge in [0.1, 0.15) is 0 Å². The van der Waals surface area contributed by atoms with Crippen molar-refractivity contribution in [1.82, 2.24) is 0 Å². The van der Waals surface area contributed by atoms with Gasteiger partial charge in [0.2, 0.25) is 0 Å². The van der Waals surface area contributed by atoms with Gasteiger partial charge in [-0.2, -0.15) is 0 Å². The molecule has 0 bridgehead atoms.